The molecule has 0 saturated heterocycles. The summed E-state index contributed by atoms with van der Waals surface area (Å²) < 4.78 is 5.92. The van der Waals surface area contributed by atoms with E-state index in [1.165, 1.54) is 161 Å². The van der Waals surface area contributed by atoms with Gasteiger partial charge in [-0.25, -0.2) is 0 Å². The molecule has 3 atom stereocenters. The molecule has 0 aromatic rings. The van der Waals surface area contributed by atoms with Crippen molar-refractivity contribution in [3.8, 4) is 0 Å². The van der Waals surface area contributed by atoms with Crippen molar-refractivity contribution in [1.29, 1.82) is 0 Å². The summed E-state index contributed by atoms with van der Waals surface area (Å²) >= 11 is 0. The topological polar surface area (TPSA) is 95.9 Å². The Labute approximate surface area is 366 Å². The van der Waals surface area contributed by atoms with Crippen molar-refractivity contribution in [1.82, 2.24) is 5.32 Å². The molecule has 3 unspecified atom stereocenters. The van der Waals surface area contributed by atoms with Crippen LogP contribution in [-0.4, -0.2) is 46.9 Å². The number of ether oxygens (including phenoxy) is 1. The molecule has 0 aliphatic heterocycles. The number of rotatable bonds is 46. The first-order valence-corrected chi connectivity index (χ1v) is 25.7. The summed E-state index contributed by atoms with van der Waals surface area (Å²) in [5, 5.41) is 23.8. The second-order valence-electron chi connectivity index (χ2n) is 17.6. The van der Waals surface area contributed by atoms with Crippen molar-refractivity contribution in [3.63, 3.8) is 0 Å². The van der Waals surface area contributed by atoms with Gasteiger partial charge in [0.2, 0.25) is 5.91 Å². The van der Waals surface area contributed by atoms with Crippen LogP contribution in [0.2, 0.25) is 0 Å². The van der Waals surface area contributed by atoms with Crippen LogP contribution in [0.3, 0.4) is 0 Å². The number of amides is 1. The second kappa shape index (κ2) is 47.1. The van der Waals surface area contributed by atoms with Crippen LogP contribution in [-0.2, 0) is 14.3 Å². The lowest BCUT2D eigenvalue weighted by molar-refractivity contribution is -0.151. The van der Waals surface area contributed by atoms with Gasteiger partial charge in [0, 0.05) is 6.42 Å². The first-order valence-electron chi connectivity index (χ1n) is 25.7. The van der Waals surface area contributed by atoms with Crippen molar-refractivity contribution < 1.29 is 24.5 Å². The van der Waals surface area contributed by atoms with E-state index in [9.17, 15) is 19.8 Å². The predicted molar refractivity (Wildman–Crippen MR) is 255 cm³/mol. The van der Waals surface area contributed by atoms with Gasteiger partial charge in [0.05, 0.1) is 25.2 Å². The number of nitrogens with one attached hydrogen (secondary N) is 1. The van der Waals surface area contributed by atoms with Gasteiger partial charge >= 0.3 is 5.97 Å². The van der Waals surface area contributed by atoms with Crippen LogP contribution in [0.1, 0.15) is 265 Å². The number of unbranched alkanes of at least 4 members (excludes halogenated alkanes) is 30. The lowest BCUT2D eigenvalue weighted by Crippen LogP contribution is -2.46. The minimum Gasteiger partial charge on any atom is -0.462 e. The molecule has 59 heavy (non-hydrogen) atoms. The van der Waals surface area contributed by atoms with E-state index in [1.54, 1.807) is 0 Å². The summed E-state index contributed by atoms with van der Waals surface area (Å²) in [6, 6.07) is -0.700. The normalized spacial score (nSPS) is 13.5. The highest BCUT2D eigenvalue weighted by atomic mass is 16.5. The average molecular weight is 830 g/mol. The van der Waals surface area contributed by atoms with Crippen LogP contribution in [0.5, 0.6) is 0 Å². The number of aliphatic hydroxyl groups is 2. The summed E-state index contributed by atoms with van der Waals surface area (Å²) in [6.07, 6.45) is 54.9. The predicted octanol–water partition coefficient (Wildman–Crippen LogP) is 15.3. The van der Waals surface area contributed by atoms with Crippen LogP contribution in [0, 0.1) is 0 Å². The van der Waals surface area contributed by atoms with Gasteiger partial charge in [0.1, 0.15) is 6.10 Å². The van der Waals surface area contributed by atoms with Gasteiger partial charge in [0.15, 0.2) is 0 Å². The lowest BCUT2D eigenvalue weighted by atomic mass is 10.0. The molecular weight excluding hydrogens is 731 g/mol. The van der Waals surface area contributed by atoms with Crippen molar-refractivity contribution in [3.05, 3.63) is 36.5 Å². The summed E-state index contributed by atoms with van der Waals surface area (Å²) in [7, 11) is 0. The first-order chi connectivity index (χ1) is 29.0. The van der Waals surface area contributed by atoms with E-state index in [1.807, 2.05) is 0 Å². The molecule has 0 spiro atoms. The molecule has 0 saturated carbocycles. The number of carbonyl (C=O) groups is 2. The molecule has 0 aliphatic carbocycles. The van der Waals surface area contributed by atoms with Crippen LogP contribution in [0.25, 0.3) is 0 Å². The molecule has 0 aromatic carbocycles. The number of aliphatic hydroxyl groups excluding tert-OH is 2. The van der Waals surface area contributed by atoms with E-state index in [4.69, 9.17) is 4.74 Å². The van der Waals surface area contributed by atoms with Crippen molar-refractivity contribution >= 4 is 11.9 Å². The van der Waals surface area contributed by atoms with Gasteiger partial charge < -0.3 is 20.3 Å². The zero-order valence-corrected chi connectivity index (χ0v) is 39.4. The van der Waals surface area contributed by atoms with Gasteiger partial charge in [-0.1, -0.05) is 243 Å². The third kappa shape index (κ3) is 42.6. The van der Waals surface area contributed by atoms with Crippen LogP contribution in [0.15, 0.2) is 36.5 Å². The largest absolute Gasteiger partial charge is 0.462 e. The van der Waals surface area contributed by atoms with E-state index in [2.05, 4.69) is 62.5 Å². The van der Waals surface area contributed by atoms with Crippen LogP contribution < -0.4 is 5.32 Å². The third-order valence-corrected chi connectivity index (χ3v) is 11.8. The molecule has 3 N–H and O–H groups in total. The van der Waals surface area contributed by atoms with Gasteiger partial charge in [-0.2, -0.15) is 0 Å². The van der Waals surface area contributed by atoms with E-state index >= 15 is 0 Å². The summed E-state index contributed by atoms with van der Waals surface area (Å²) in [5.41, 5.74) is 0. The van der Waals surface area contributed by atoms with E-state index in [0.29, 0.717) is 19.3 Å². The zero-order valence-electron chi connectivity index (χ0n) is 39.4. The maximum Gasteiger partial charge on any atom is 0.306 e. The fourth-order valence-corrected chi connectivity index (χ4v) is 7.90. The number of carbonyl (C=O) groups excluding carboxylic acids is 2. The highest BCUT2D eigenvalue weighted by molar-refractivity contribution is 5.77. The summed E-state index contributed by atoms with van der Waals surface area (Å²) in [6.45, 7) is 6.36. The maximum atomic E-state index is 13.2. The molecule has 6 nitrogen and oxygen atoms in total. The Morgan fingerprint density at radius 3 is 1.37 bits per heavy atom. The monoisotopic (exact) mass is 830 g/mol. The number of allylic oxidation sites excluding steroid dienone is 6. The first kappa shape index (κ1) is 57.1. The average Bonchev–Trinajstić information content (AvgIpc) is 3.23. The van der Waals surface area contributed by atoms with Crippen LogP contribution in [0.4, 0.5) is 0 Å². The second-order valence-corrected chi connectivity index (χ2v) is 17.6. The molecule has 0 bridgehead atoms. The number of hydrogen-bond donors (Lipinski definition) is 3. The van der Waals surface area contributed by atoms with Crippen LogP contribution >= 0.6 is 0 Å². The number of esters is 1. The Hall–Kier alpha value is -1.92. The molecular formula is C53H99NO5. The highest BCUT2D eigenvalue weighted by Gasteiger charge is 2.24. The molecule has 0 fully saturated rings. The molecule has 0 rings (SSSR count). The minimum absolute atomic E-state index is 0.0763. The molecule has 0 aliphatic rings. The molecule has 0 heterocycles. The third-order valence-electron chi connectivity index (χ3n) is 11.8. The quantitative estimate of drug-likeness (QED) is 0.0323. The van der Waals surface area contributed by atoms with Gasteiger partial charge in [-0.05, 0) is 44.9 Å². The van der Waals surface area contributed by atoms with Gasteiger partial charge in [0.25, 0.3) is 0 Å². The Bertz CT molecular complexity index is 977. The van der Waals surface area contributed by atoms with Crippen molar-refractivity contribution in [2.75, 3.05) is 6.61 Å². The molecule has 0 radical (unpaired) electrons. The zero-order chi connectivity index (χ0) is 43.1. The Morgan fingerprint density at radius 2 is 0.915 bits per heavy atom. The fraction of sp³-hybridized carbons (Fsp3) is 0.849. The fourth-order valence-electron chi connectivity index (χ4n) is 7.90. The SMILES string of the molecule is CC/C=C/C=C/C=C/CCCCCCCCCC(=O)OC(CCCCCCCCCCCCC)CC(=O)NC(CO)C(O)CCCCCCCCCCCCCCCC. The van der Waals surface area contributed by atoms with E-state index in [-0.39, 0.29) is 24.9 Å². The molecule has 6 heteroatoms. The maximum absolute atomic E-state index is 13.2. The molecule has 0 aromatic heterocycles. The Kier molecular flexibility index (Phi) is 45.6. The van der Waals surface area contributed by atoms with Gasteiger partial charge in [-0.3, -0.25) is 9.59 Å². The van der Waals surface area contributed by atoms with Gasteiger partial charge in [-0.15, -0.1) is 0 Å². The smallest absolute Gasteiger partial charge is 0.306 e. The molecule has 1 amide bonds. The van der Waals surface area contributed by atoms with E-state index in [0.717, 1.165) is 57.8 Å². The van der Waals surface area contributed by atoms with E-state index < -0.39 is 18.2 Å². The molecule has 346 valence electrons. The Morgan fingerprint density at radius 1 is 0.508 bits per heavy atom. The summed E-state index contributed by atoms with van der Waals surface area (Å²) in [5.74, 6) is -0.477. The highest BCUT2D eigenvalue weighted by Crippen LogP contribution is 2.18. The van der Waals surface area contributed by atoms with Crippen molar-refractivity contribution in [2.24, 2.45) is 0 Å². The lowest BCUT2D eigenvalue weighted by Gasteiger charge is -2.24. The minimum atomic E-state index is -0.786. The van der Waals surface area contributed by atoms with Crippen molar-refractivity contribution in [2.45, 2.75) is 283 Å². The Balaban J connectivity index is 4.52. The summed E-state index contributed by atoms with van der Waals surface area (Å²) in [4.78, 5) is 26.1. The standard InChI is InChI=1S/C53H99NO5/c1-4-7-10-13-16-19-22-24-26-28-31-34-37-40-43-46-53(58)59-49(44-41-38-35-32-29-21-18-15-12-9-6-3)47-52(57)54-50(48-55)51(56)45-42-39-36-33-30-27-25-23-20-17-14-11-8-5-2/h7,10,13,16,19,22,49-51,55-56H,4-6,8-9,11-12,14-15,17-18,20-21,23-48H2,1-3H3,(H,54,57)/b10-7+,16-13+,22-19+. The number of hydrogen-bond acceptors (Lipinski definition) is 5.